The predicted octanol–water partition coefficient (Wildman–Crippen LogP) is 0.0818. The van der Waals surface area contributed by atoms with E-state index in [-0.39, 0.29) is 12.3 Å². The summed E-state index contributed by atoms with van der Waals surface area (Å²) in [6, 6.07) is 0. The quantitative estimate of drug-likeness (QED) is 0.715. The average Bonchev–Trinajstić information content (AvgIpc) is 2.35. The van der Waals surface area contributed by atoms with Gasteiger partial charge in [-0.2, -0.15) is 0 Å². The van der Waals surface area contributed by atoms with Gasteiger partial charge in [0.2, 0.25) is 0 Å². The molecule has 1 rings (SSSR count). The lowest BCUT2D eigenvalue weighted by Crippen LogP contribution is -2.27. The number of methoxy groups -OCH3 is 1. The number of hydrogen-bond acceptors (Lipinski definition) is 6. The van der Waals surface area contributed by atoms with Gasteiger partial charge in [-0.05, 0) is 6.92 Å². The number of likely N-dealkylation sites (N-methyl/N-ethyl adjacent to an activating group) is 1. The Balaban J connectivity index is 2.80. The van der Waals surface area contributed by atoms with E-state index in [4.69, 9.17) is 5.11 Å². The predicted molar refractivity (Wildman–Crippen MR) is 58.3 cm³/mol. The number of carbonyl (C=O) groups excluding carboxylic acids is 1. The second kappa shape index (κ2) is 6.02. The van der Waals surface area contributed by atoms with Gasteiger partial charge in [0, 0.05) is 13.1 Å². The molecule has 6 nitrogen and oxygen atoms in total. The number of carbonyl (C=O) groups is 1. The van der Waals surface area contributed by atoms with Crippen LogP contribution < -0.4 is 4.90 Å². The van der Waals surface area contributed by atoms with Gasteiger partial charge >= 0.3 is 5.97 Å². The van der Waals surface area contributed by atoms with Crippen molar-refractivity contribution in [3.8, 4) is 0 Å². The molecule has 0 saturated carbocycles. The summed E-state index contributed by atoms with van der Waals surface area (Å²) in [4.78, 5) is 21.0. The number of aliphatic hydroxyl groups is 1. The maximum absolute atomic E-state index is 11.1. The van der Waals surface area contributed by atoms with E-state index in [1.807, 2.05) is 11.8 Å². The standard InChI is InChI=1S/C10H15N3O3/c1-3-13(4-5-14)9-7-11-8(6-12-9)10(15)16-2/h6-7,14H,3-5H2,1-2H3. The van der Waals surface area contributed by atoms with Crippen molar-refractivity contribution >= 4 is 11.8 Å². The van der Waals surface area contributed by atoms with Gasteiger partial charge in [0.05, 0.1) is 26.1 Å². The molecule has 0 unspecified atom stereocenters. The highest BCUT2D eigenvalue weighted by Gasteiger charge is 2.10. The first kappa shape index (κ1) is 12.4. The Kier molecular flexibility index (Phi) is 4.65. The van der Waals surface area contributed by atoms with Gasteiger partial charge in [-0.1, -0.05) is 0 Å². The summed E-state index contributed by atoms with van der Waals surface area (Å²) >= 11 is 0. The summed E-state index contributed by atoms with van der Waals surface area (Å²) in [5.74, 6) is 0.119. The summed E-state index contributed by atoms with van der Waals surface area (Å²) in [7, 11) is 1.29. The minimum absolute atomic E-state index is 0.0499. The Bertz CT molecular complexity index is 340. The molecule has 0 aliphatic rings. The summed E-state index contributed by atoms with van der Waals surface area (Å²) in [5.41, 5.74) is 0.173. The number of rotatable bonds is 5. The monoisotopic (exact) mass is 225 g/mol. The van der Waals surface area contributed by atoms with Crippen LogP contribution in [0.4, 0.5) is 5.82 Å². The second-order valence-electron chi connectivity index (χ2n) is 3.05. The van der Waals surface area contributed by atoms with E-state index in [1.54, 1.807) is 0 Å². The van der Waals surface area contributed by atoms with Crippen LogP contribution in [0.2, 0.25) is 0 Å². The van der Waals surface area contributed by atoms with Crippen LogP contribution in [-0.4, -0.2) is 47.8 Å². The summed E-state index contributed by atoms with van der Waals surface area (Å²) in [6.45, 7) is 3.20. The molecule has 1 aromatic rings. The van der Waals surface area contributed by atoms with E-state index in [9.17, 15) is 4.79 Å². The zero-order valence-electron chi connectivity index (χ0n) is 9.38. The lowest BCUT2D eigenvalue weighted by Gasteiger charge is -2.19. The molecular formula is C10H15N3O3. The van der Waals surface area contributed by atoms with E-state index >= 15 is 0 Å². The van der Waals surface area contributed by atoms with Crippen molar-refractivity contribution in [3.63, 3.8) is 0 Å². The van der Waals surface area contributed by atoms with Crippen LogP contribution in [0.5, 0.6) is 0 Å². The lowest BCUT2D eigenvalue weighted by molar-refractivity contribution is 0.0593. The minimum Gasteiger partial charge on any atom is -0.464 e. The first-order valence-corrected chi connectivity index (χ1v) is 4.99. The van der Waals surface area contributed by atoms with E-state index in [0.29, 0.717) is 18.9 Å². The van der Waals surface area contributed by atoms with Crippen molar-refractivity contribution < 1.29 is 14.6 Å². The van der Waals surface area contributed by atoms with E-state index in [0.717, 1.165) is 0 Å². The SMILES string of the molecule is CCN(CCO)c1cnc(C(=O)OC)cn1. The molecule has 1 N–H and O–H groups in total. The molecule has 0 atom stereocenters. The maximum Gasteiger partial charge on any atom is 0.358 e. The molecule has 6 heteroatoms. The molecule has 0 spiro atoms. The molecule has 1 aromatic heterocycles. The van der Waals surface area contributed by atoms with Gasteiger partial charge in [-0.25, -0.2) is 14.8 Å². The Morgan fingerprint density at radius 1 is 1.50 bits per heavy atom. The van der Waals surface area contributed by atoms with Gasteiger partial charge in [0.15, 0.2) is 5.69 Å². The summed E-state index contributed by atoms with van der Waals surface area (Å²) in [5, 5.41) is 8.85. The lowest BCUT2D eigenvalue weighted by atomic mass is 10.4. The highest BCUT2D eigenvalue weighted by Crippen LogP contribution is 2.08. The Morgan fingerprint density at radius 3 is 2.69 bits per heavy atom. The highest BCUT2D eigenvalue weighted by atomic mass is 16.5. The van der Waals surface area contributed by atoms with Crippen LogP contribution in [0, 0.1) is 0 Å². The first-order chi connectivity index (χ1) is 7.72. The van der Waals surface area contributed by atoms with E-state index in [1.165, 1.54) is 19.5 Å². The van der Waals surface area contributed by atoms with Gasteiger partial charge in [0.1, 0.15) is 5.82 Å². The second-order valence-corrected chi connectivity index (χ2v) is 3.05. The normalized spacial score (nSPS) is 9.94. The van der Waals surface area contributed by atoms with Crippen molar-refractivity contribution in [2.24, 2.45) is 0 Å². The number of aromatic nitrogens is 2. The van der Waals surface area contributed by atoms with E-state index in [2.05, 4.69) is 14.7 Å². The largest absolute Gasteiger partial charge is 0.464 e. The molecule has 1 heterocycles. The average molecular weight is 225 g/mol. The van der Waals surface area contributed by atoms with Crippen LogP contribution in [0.1, 0.15) is 17.4 Å². The molecule has 0 bridgehead atoms. The molecule has 0 aliphatic heterocycles. The number of anilines is 1. The topological polar surface area (TPSA) is 75.5 Å². The van der Waals surface area contributed by atoms with Crippen molar-refractivity contribution in [2.45, 2.75) is 6.92 Å². The van der Waals surface area contributed by atoms with Crippen LogP contribution in [0.3, 0.4) is 0 Å². The smallest absolute Gasteiger partial charge is 0.358 e. The molecular weight excluding hydrogens is 210 g/mol. The number of hydrogen-bond donors (Lipinski definition) is 1. The molecule has 88 valence electrons. The van der Waals surface area contributed by atoms with Crippen LogP contribution >= 0.6 is 0 Å². The first-order valence-electron chi connectivity index (χ1n) is 4.99. The fourth-order valence-corrected chi connectivity index (χ4v) is 1.25. The molecule has 0 radical (unpaired) electrons. The zero-order valence-corrected chi connectivity index (χ0v) is 9.38. The van der Waals surface area contributed by atoms with Crippen LogP contribution in [0.15, 0.2) is 12.4 Å². The third-order valence-electron chi connectivity index (χ3n) is 2.11. The number of ether oxygens (including phenoxy) is 1. The molecule has 0 saturated heterocycles. The third kappa shape index (κ3) is 2.90. The van der Waals surface area contributed by atoms with Crippen LogP contribution in [-0.2, 0) is 4.74 Å². The van der Waals surface area contributed by atoms with E-state index < -0.39 is 5.97 Å². The molecule has 0 aromatic carbocycles. The van der Waals surface area contributed by atoms with Gasteiger partial charge < -0.3 is 14.7 Å². The van der Waals surface area contributed by atoms with Crippen molar-refractivity contribution in [3.05, 3.63) is 18.1 Å². The van der Waals surface area contributed by atoms with Gasteiger partial charge in [0.25, 0.3) is 0 Å². The van der Waals surface area contributed by atoms with Crippen molar-refractivity contribution in [1.82, 2.24) is 9.97 Å². The van der Waals surface area contributed by atoms with Gasteiger partial charge in [-0.15, -0.1) is 0 Å². The molecule has 0 amide bonds. The maximum atomic E-state index is 11.1. The van der Waals surface area contributed by atoms with Crippen molar-refractivity contribution in [1.29, 1.82) is 0 Å². The minimum atomic E-state index is -0.510. The third-order valence-corrected chi connectivity index (χ3v) is 2.11. The number of esters is 1. The molecule has 0 aliphatic carbocycles. The Hall–Kier alpha value is -1.69. The molecule has 16 heavy (non-hydrogen) atoms. The fraction of sp³-hybridized carbons (Fsp3) is 0.500. The Morgan fingerprint density at radius 2 is 2.25 bits per heavy atom. The number of aliphatic hydroxyl groups excluding tert-OH is 1. The molecule has 0 fully saturated rings. The van der Waals surface area contributed by atoms with Crippen LogP contribution in [0.25, 0.3) is 0 Å². The highest BCUT2D eigenvalue weighted by molar-refractivity contribution is 5.86. The summed E-state index contributed by atoms with van der Waals surface area (Å²) < 4.78 is 4.52. The number of nitrogens with zero attached hydrogens (tertiary/aromatic N) is 3. The zero-order chi connectivity index (χ0) is 12.0. The summed E-state index contributed by atoms with van der Waals surface area (Å²) in [6.07, 6.45) is 2.85. The Labute approximate surface area is 93.9 Å². The van der Waals surface area contributed by atoms with Gasteiger partial charge in [-0.3, -0.25) is 0 Å². The van der Waals surface area contributed by atoms with Crippen molar-refractivity contribution in [2.75, 3.05) is 31.7 Å². The fourth-order valence-electron chi connectivity index (χ4n) is 1.25.